The van der Waals surface area contributed by atoms with E-state index < -0.39 is 11.9 Å². The fraction of sp³-hybridized carbons (Fsp3) is 0.333. The van der Waals surface area contributed by atoms with Gasteiger partial charge in [0.05, 0.1) is 27.4 Å². The van der Waals surface area contributed by atoms with Crippen LogP contribution in [0, 0.1) is 0 Å². The van der Waals surface area contributed by atoms with Crippen LogP contribution in [0.1, 0.15) is 0 Å². The highest BCUT2D eigenvalue weighted by Crippen LogP contribution is 2.17. The Morgan fingerprint density at radius 2 is 1.65 bits per heavy atom. The lowest BCUT2D eigenvalue weighted by molar-refractivity contribution is -0.150. The van der Waals surface area contributed by atoms with Crippen molar-refractivity contribution in [3.63, 3.8) is 0 Å². The van der Waals surface area contributed by atoms with Crippen LogP contribution in [0.4, 0.5) is 5.95 Å². The molecule has 1 amide bonds. The van der Waals surface area contributed by atoms with Gasteiger partial charge in [-0.05, 0) is 0 Å². The zero-order valence-corrected chi connectivity index (χ0v) is 9.51. The van der Waals surface area contributed by atoms with Crippen molar-refractivity contribution in [1.29, 1.82) is 0 Å². The summed E-state index contributed by atoms with van der Waals surface area (Å²) in [7, 11) is 3.89. The Kier molecular flexibility index (Phi) is 4.21. The van der Waals surface area contributed by atoms with Gasteiger partial charge in [-0.2, -0.15) is 9.97 Å². The number of amides is 1. The van der Waals surface area contributed by atoms with Crippen molar-refractivity contribution in [2.75, 3.05) is 26.6 Å². The molecule has 1 N–H and O–H groups in total. The molecule has 0 aromatic carbocycles. The molecule has 0 atom stereocenters. The van der Waals surface area contributed by atoms with Crippen molar-refractivity contribution >= 4 is 17.8 Å². The van der Waals surface area contributed by atoms with Gasteiger partial charge in [0, 0.05) is 0 Å². The summed E-state index contributed by atoms with van der Waals surface area (Å²) in [4.78, 5) is 29.7. The summed E-state index contributed by atoms with van der Waals surface area (Å²) in [5, 5.41) is 2.15. The van der Waals surface area contributed by atoms with E-state index in [2.05, 4.69) is 20.0 Å². The lowest BCUT2D eigenvalue weighted by atomic mass is 10.5. The van der Waals surface area contributed by atoms with E-state index in [-0.39, 0.29) is 17.7 Å². The summed E-state index contributed by atoms with van der Waals surface area (Å²) < 4.78 is 14.0. The molecule has 0 saturated carbocycles. The summed E-state index contributed by atoms with van der Waals surface area (Å²) in [6, 6.07) is 1.42. The number of ether oxygens (including phenoxy) is 3. The van der Waals surface area contributed by atoms with Crippen LogP contribution in [-0.2, 0) is 14.3 Å². The maximum Gasteiger partial charge on any atom is 0.396 e. The molecule has 0 radical (unpaired) electrons. The van der Waals surface area contributed by atoms with Crippen molar-refractivity contribution in [1.82, 2.24) is 9.97 Å². The van der Waals surface area contributed by atoms with E-state index >= 15 is 0 Å². The number of nitrogens with one attached hydrogen (secondary N) is 1. The summed E-state index contributed by atoms with van der Waals surface area (Å²) in [5.74, 6) is -1.76. The van der Waals surface area contributed by atoms with Crippen LogP contribution in [0.25, 0.3) is 0 Å². The van der Waals surface area contributed by atoms with Crippen molar-refractivity contribution in [2.45, 2.75) is 0 Å². The molecule has 1 heterocycles. The van der Waals surface area contributed by atoms with Gasteiger partial charge in [0.2, 0.25) is 17.7 Å². The minimum absolute atomic E-state index is 0.114. The van der Waals surface area contributed by atoms with Crippen LogP contribution < -0.4 is 14.8 Å². The Labute approximate surface area is 96.9 Å². The van der Waals surface area contributed by atoms with Gasteiger partial charge in [-0.3, -0.25) is 10.1 Å². The molecular formula is C9H11N3O5. The third-order valence-electron chi connectivity index (χ3n) is 1.69. The molecule has 0 unspecified atom stereocenters. The van der Waals surface area contributed by atoms with Gasteiger partial charge in [-0.1, -0.05) is 0 Å². The standard InChI is InChI=1S/C9H11N3O5/c1-15-5-4-6(16-2)11-9(10-5)12-7(13)8(14)17-3/h4H,1-3H3,(H,10,11,12,13). The fourth-order valence-corrected chi connectivity index (χ4v) is 0.914. The lowest BCUT2D eigenvalue weighted by Gasteiger charge is -2.06. The quantitative estimate of drug-likeness (QED) is 0.568. The molecule has 0 spiro atoms. The Hall–Kier alpha value is -2.38. The van der Waals surface area contributed by atoms with Crippen LogP contribution in [0.2, 0.25) is 0 Å². The average Bonchev–Trinajstić information content (AvgIpc) is 2.36. The molecule has 0 fully saturated rings. The van der Waals surface area contributed by atoms with E-state index in [0.29, 0.717) is 0 Å². The first-order valence-electron chi connectivity index (χ1n) is 4.47. The van der Waals surface area contributed by atoms with Crippen molar-refractivity contribution in [3.05, 3.63) is 6.07 Å². The molecule has 0 bridgehead atoms. The topological polar surface area (TPSA) is 99.6 Å². The maximum absolute atomic E-state index is 11.2. The van der Waals surface area contributed by atoms with Gasteiger partial charge in [0.15, 0.2) is 0 Å². The summed E-state index contributed by atoms with van der Waals surface area (Å²) in [5.41, 5.74) is 0. The second-order valence-electron chi connectivity index (χ2n) is 2.72. The van der Waals surface area contributed by atoms with E-state index in [1.807, 2.05) is 0 Å². The van der Waals surface area contributed by atoms with E-state index in [0.717, 1.165) is 7.11 Å². The number of hydrogen-bond acceptors (Lipinski definition) is 7. The minimum atomic E-state index is -1.05. The molecule has 8 nitrogen and oxygen atoms in total. The minimum Gasteiger partial charge on any atom is -0.481 e. The zero-order chi connectivity index (χ0) is 12.8. The largest absolute Gasteiger partial charge is 0.481 e. The molecule has 17 heavy (non-hydrogen) atoms. The Morgan fingerprint density at radius 3 is 2.06 bits per heavy atom. The van der Waals surface area contributed by atoms with Gasteiger partial charge in [0.1, 0.15) is 0 Å². The fourth-order valence-electron chi connectivity index (χ4n) is 0.914. The molecule has 0 aliphatic rings. The van der Waals surface area contributed by atoms with Crippen LogP contribution in [0.15, 0.2) is 6.07 Å². The molecule has 1 aromatic rings. The third-order valence-corrected chi connectivity index (χ3v) is 1.69. The number of rotatable bonds is 3. The molecule has 1 aromatic heterocycles. The lowest BCUT2D eigenvalue weighted by Crippen LogP contribution is -2.25. The molecule has 92 valence electrons. The number of methoxy groups -OCH3 is 3. The molecule has 0 aliphatic heterocycles. The van der Waals surface area contributed by atoms with Crippen LogP contribution in [0.5, 0.6) is 11.8 Å². The first-order chi connectivity index (χ1) is 8.10. The monoisotopic (exact) mass is 241 g/mol. The predicted molar refractivity (Wildman–Crippen MR) is 55.8 cm³/mol. The van der Waals surface area contributed by atoms with E-state index in [9.17, 15) is 9.59 Å². The maximum atomic E-state index is 11.2. The van der Waals surface area contributed by atoms with Crippen molar-refractivity contribution in [2.24, 2.45) is 0 Å². The highest BCUT2D eigenvalue weighted by atomic mass is 16.5. The molecule has 0 aliphatic carbocycles. The van der Waals surface area contributed by atoms with E-state index in [1.54, 1.807) is 0 Å². The second-order valence-corrected chi connectivity index (χ2v) is 2.72. The van der Waals surface area contributed by atoms with Crippen molar-refractivity contribution in [3.8, 4) is 11.8 Å². The molecular weight excluding hydrogens is 230 g/mol. The van der Waals surface area contributed by atoms with Crippen molar-refractivity contribution < 1.29 is 23.8 Å². The number of carbonyl (C=O) groups is 2. The Balaban J connectivity index is 2.90. The smallest absolute Gasteiger partial charge is 0.396 e. The number of carbonyl (C=O) groups excluding carboxylic acids is 2. The normalized spacial score (nSPS) is 9.35. The average molecular weight is 241 g/mol. The Morgan fingerprint density at radius 1 is 1.12 bits per heavy atom. The van der Waals surface area contributed by atoms with Crippen LogP contribution in [0.3, 0.4) is 0 Å². The highest BCUT2D eigenvalue weighted by Gasteiger charge is 2.16. The molecule has 1 rings (SSSR count). The van der Waals surface area contributed by atoms with Gasteiger partial charge in [-0.15, -0.1) is 0 Å². The number of nitrogens with zero attached hydrogens (tertiary/aromatic N) is 2. The Bertz CT molecular complexity index is 412. The summed E-state index contributed by atoms with van der Waals surface area (Å²) >= 11 is 0. The van der Waals surface area contributed by atoms with E-state index in [4.69, 9.17) is 9.47 Å². The summed E-state index contributed by atoms with van der Waals surface area (Å²) in [6.45, 7) is 0. The highest BCUT2D eigenvalue weighted by molar-refractivity contribution is 6.37. The number of anilines is 1. The number of esters is 1. The zero-order valence-electron chi connectivity index (χ0n) is 9.51. The number of hydrogen-bond donors (Lipinski definition) is 1. The number of aromatic nitrogens is 2. The van der Waals surface area contributed by atoms with Gasteiger partial charge in [-0.25, -0.2) is 4.79 Å². The molecule has 8 heteroatoms. The van der Waals surface area contributed by atoms with Gasteiger partial charge < -0.3 is 14.2 Å². The second kappa shape index (κ2) is 5.64. The first kappa shape index (κ1) is 12.7. The predicted octanol–water partition coefficient (Wildman–Crippen LogP) is -0.395. The van der Waals surface area contributed by atoms with E-state index in [1.165, 1.54) is 20.3 Å². The van der Waals surface area contributed by atoms with Crippen LogP contribution >= 0.6 is 0 Å². The third kappa shape index (κ3) is 3.30. The first-order valence-corrected chi connectivity index (χ1v) is 4.47. The SMILES string of the molecule is COC(=O)C(=O)Nc1nc(OC)cc(OC)n1. The van der Waals surface area contributed by atoms with Gasteiger partial charge in [0.25, 0.3) is 0 Å². The van der Waals surface area contributed by atoms with Gasteiger partial charge >= 0.3 is 11.9 Å². The summed E-state index contributed by atoms with van der Waals surface area (Å²) in [6.07, 6.45) is 0. The molecule has 0 saturated heterocycles. The van der Waals surface area contributed by atoms with Crippen LogP contribution in [-0.4, -0.2) is 43.2 Å².